The molecule has 2 heterocycles. The number of hydrogen-bond donors (Lipinski definition) is 2. The second-order valence-corrected chi connectivity index (χ2v) is 8.22. The van der Waals surface area contributed by atoms with E-state index in [-0.39, 0.29) is 17.6 Å². The number of nitrogens with one attached hydrogen (secondary N) is 1. The van der Waals surface area contributed by atoms with Gasteiger partial charge in [-0.2, -0.15) is 5.10 Å². The number of likely N-dealkylation sites (N-methyl/N-ethyl adjacent to an activating group) is 1. The summed E-state index contributed by atoms with van der Waals surface area (Å²) >= 11 is 0. The molecule has 2 atom stereocenters. The van der Waals surface area contributed by atoms with Crippen LogP contribution in [0.3, 0.4) is 0 Å². The van der Waals surface area contributed by atoms with Gasteiger partial charge in [-0.25, -0.2) is 0 Å². The van der Waals surface area contributed by atoms with Gasteiger partial charge in [-0.1, -0.05) is 24.3 Å². The van der Waals surface area contributed by atoms with Crippen molar-refractivity contribution in [2.75, 3.05) is 20.1 Å². The Balaban J connectivity index is 1.63. The minimum atomic E-state index is -0.368. The van der Waals surface area contributed by atoms with Crippen LogP contribution in [-0.4, -0.2) is 46.0 Å². The zero-order valence-corrected chi connectivity index (χ0v) is 16.0. The molecule has 1 aromatic heterocycles. The number of benzene rings is 1. The second-order valence-electron chi connectivity index (χ2n) is 8.22. The molecule has 1 aliphatic carbocycles. The average molecular weight is 354 g/mol. The van der Waals surface area contributed by atoms with Crippen LogP contribution in [0.1, 0.15) is 55.5 Å². The normalized spacial score (nSPS) is 24.5. The van der Waals surface area contributed by atoms with Crippen LogP contribution >= 0.6 is 0 Å². The van der Waals surface area contributed by atoms with Crippen molar-refractivity contribution in [3.05, 3.63) is 53.3 Å². The van der Waals surface area contributed by atoms with Crippen LogP contribution in [0.15, 0.2) is 36.7 Å². The summed E-state index contributed by atoms with van der Waals surface area (Å²) in [6, 6.07) is 9.05. The first-order valence-electron chi connectivity index (χ1n) is 9.74. The SMILES string of the molecule is CC(C)n1cc(CN(C)[C@@H]2c3ccccc3C3(CCNCC3)[C@H]2O)cn1. The summed E-state index contributed by atoms with van der Waals surface area (Å²) in [6.45, 7) is 7.01. The molecule has 2 aliphatic rings. The van der Waals surface area contributed by atoms with Crippen LogP contribution in [0.2, 0.25) is 0 Å². The van der Waals surface area contributed by atoms with Crippen molar-refractivity contribution in [1.82, 2.24) is 20.0 Å². The van der Waals surface area contributed by atoms with E-state index >= 15 is 0 Å². The van der Waals surface area contributed by atoms with Gasteiger partial charge in [0.2, 0.25) is 0 Å². The molecular weight excluding hydrogens is 324 g/mol. The third kappa shape index (κ3) is 2.79. The molecule has 0 amide bonds. The lowest BCUT2D eigenvalue weighted by Crippen LogP contribution is -2.48. The van der Waals surface area contributed by atoms with Gasteiger partial charge in [0.05, 0.1) is 18.3 Å². The van der Waals surface area contributed by atoms with Crippen molar-refractivity contribution in [3.8, 4) is 0 Å². The first kappa shape index (κ1) is 17.7. The van der Waals surface area contributed by atoms with E-state index < -0.39 is 0 Å². The second kappa shape index (κ2) is 6.80. The highest BCUT2D eigenvalue weighted by Gasteiger charge is 2.52. The summed E-state index contributed by atoms with van der Waals surface area (Å²) in [5.41, 5.74) is 3.73. The lowest BCUT2D eigenvalue weighted by Gasteiger charge is -2.40. The van der Waals surface area contributed by atoms with Gasteiger partial charge in [-0.15, -0.1) is 0 Å². The van der Waals surface area contributed by atoms with Crippen molar-refractivity contribution >= 4 is 0 Å². The molecule has 0 radical (unpaired) electrons. The van der Waals surface area contributed by atoms with Gasteiger partial charge in [0.15, 0.2) is 0 Å². The predicted molar refractivity (Wildman–Crippen MR) is 103 cm³/mol. The molecule has 4 rings (SSSR count). The molecule has 1 fully saturated rings. The Kier molecular flexibility index (Phi) is 4.63. The van der Waals surface area contributed by atoms with E-state index in [4.69, 9.17) is 0 Å². The summed E-state index contributed by atoms with van der Waals surface area (Å²) in [6.07, 6.45) is 5.70. The van der Waals surface area contributed by atoms with E-state index in [0.29, 0.717) is 6.04 Å². The fourth-order valence-electron chi connectivity index (χ4n) is 4.88. The van der Waals surface area contributed by atoms with Gasteiger partial charge in [0.1, 0.15) is 0 Å². The summed E-state index contributed by atoms with van der Waals surface area (Å²) in [4.78, 5) is 2.29. The van der Waals surface area contributed by atoms with E-state index in [1.807, 2.05) is 10.9 Å². The van der Waals surface area contributed by atoms with Gasteiger partial charge in [0, 0.05) is 29.8 Å². The molecule has 1 aliphatic heterocycles. The Morgan fingerprint density at radius 1 is 1.31 bits per heavy atom. The van der Waals surface area contributed by atoms with Crippen LogP contribution < -0.4 is 5.32 Å². The number of nitrogens with zero attached hydrogens (tertiary/aromatic N) is 3. The predicted octanol–water partition coefficient (Wildman–Crippen LogP) is 2.63. The maximum atomic E-state index is 11.4. The monoisotopic (exact) mass is 354 g/mol. The van der Waals surface area contributed by atoms with Crippen molar-refractivity contribution in [2.45, 2.75) is 56.8 Å². The van der Waals surface area contributed by atoms with Gasteiger partial charge in [0.25, 0.3) is 0 Å². The summed E-state index contributed by atoms with van der Waals surface area (Å²) < 4.78 is 2.00. The number of aromatic nitrogens is 2. The maximum absolute atomic E-state index is 11.4. The lowest BCUT2D eigenvalue weighted by atomic mass is 9.72. The van der Waals surface area contributed by atoms with E-state index in [9.17, 15) is 5.11 Å². The van der Waals surface area contributed by atoms with Crippen LogP contribution in [0.25, 0.3) is 0 Å². The molecule has 0 bridgehead atoms. The van der Waals surface area contributed by atoms with Gasteiger partial charge >= 0.3 is 0 Å². The van der Waals surface area contributed by atoms with Crippen molar-refractivity contribution in [3.63, 3.8) is 0 Å². The Labute approximate surface area is 156 Å². The van der Waals surface area contributed by atoms with Crippen LogP contribution in [-0.2, 0) is 12.0 Å². The van der Waals surface area contributed by atoms with Crippen LogP contribution in [0.5, 0.6) is 0 Å². The van der Waals surface area contributed by atoms with Gasteiger partial charge in [-0.05, 0) is 58.0 Å². The van der Waals surface area contributed by atoms with Crippen LogP contribution in [0.4, 0.5) is 0 Å². The summed E-state index contributed by atoms with van der Waals surface area (Å²) in [7, 11) is 2.12. The fourth-order valence-corrected chi connectivity index (χ4v) is 4.88. The molecule has 26 heavy (non-hydrogen) atoms. The number of piperidine rings is 1. The molecule has 1 aromatic carbocycles. The molecule has 1 saturated heterocycles. The van der Waals surface area contributed by atoms with E-state index in [0.717, 1.165) is 32.5 Å². The van der Waals surface area contributed by atoms with Crippen molar-refractivity contribution in [1.29, 1.82) is 0 Å². The molecule has 140 valence electrons. The molecule has 0 unspecified atom stereocenters. The summed E-state index contributed by atoms with van der Waals surface area (Å²) in [5, 5.41) is 19.3. The standard InChI is InChI=1S/C21H30N4O/c1-15(2)25-14-16(12-23-25)13-24(3)19-17-6-4-5-7-18(17)21(20(19)26)8-10-22-11-9-21/h4-7,12,14-15,19-20,22,26H,8-11,13H2,1-3H3/t19-,20+/m1/s1. The summed E-state index contributed by atoms with van der Waals surface area (Å²) in [5.74, 6) is 0. The number of hydrogen-bond acceptors (Lipinski definition) is 4. The fraction of sp³-hybridized carbons (Fsp3) is 0.571. The van der Waals surface area contributed by atoms with E-state index in [1.165, 1.54) is 16.7 Å². The van der Waals surface area contributed by atoms with Gasteiger partial charge in [-0.3, -0.25) is 9.58 Å². The minimum absolute atomic E-state index is 0.0340. The Morgan fingerprint density at radius 3 is 2.73 bits per heavy atom. The Bertz CT molecular complexity index is 763. The molecule has 1 spiro atoms. The average Bonchev–Trinajstić information content (AvgIpc) is 3.19. The van der Waals surface area contributed by atoms with Crippen molar-refractivity contribution < 1.29 is 5.11 Å². The van der Waals surface area contributed by atoms with Crippen LogP contribution in [0, 0.1) is 0 Å². The smallest absolute Gasteiger partial charge is 0.0834 e. The molecule has 5 nitrogen and oxygen atoms in total. The zero-order valence-electron chi connectivity index (χ0n) is 16.0. The molecule has 0 saturated carbocycles. The van der Waals surface area contributed by atoms with E-state index in [2.05, 4.69) is 66.7 Å². The number of aliphatic hydroxyl groups is 1. The topological polar surface area (TPSA) is 53.3 Å². The third-order valence-corrected chi connectivity index (χ3v) is 6.27. The lowest BCUT2D eigenvalue weighted by molar-refractivity contribution is 0.00419. The molecule has 2 N–H and O–H groups in total. The van der Waals surface area contributed by atoms with E-state index in [1.54, 1.807) is 0 Å². The molecule has 5 heteroatoms. The maximum Gasteiger partial charge on any atom is 0.0834 e. The quantitative estimate of drug-likeness (QED) is 0.886. The number of rotatable bonds is 4. The zero-order chi connectivity index (χ0) is 18.3. The van der Waals surface area contributed by atoms with Gasteiger partial charge < -0.3 is 10.4 Å². The molecular formula is C21H30N4O. The number of aliphatic hydroxyl groups excluding tert-OH is 1. The van der Waals surface area contributed by atoms with Crippen molar-refractivity contribution in [2.24, 2.45) is 0 Å². The highest BCUT2D eigenvalue weighted by atomic mass is 16.3. The third-order valence-electron chi connectivity index (χ3n) is 6.27. The Hall–Kier alpha value is -1.69. The number of fused-ring (bicyclic) bond motifs is 2. The first-order valence-corrected chi connectivity index (χ1v) is 9.74. The largest absolute Gasteiger partial charge is 0.390 e. The molecule has 2 aromatic rings. The first-order chi connectivity index (χ1) is 12.5. The highest BCUT2D eigenvalue weighted by molar-refractivity contribution is 5.45. The minimum Gasteiger partial charge on any atom is -0.390 e. The Morgan fingerprint density at radius 2 is 2.04 bits per heavy atom. The highest BCUT2D eigenvalue weighted by Crippen LogP contribution is 2.51.